The van der Waals surface area contributed by atoms with E-state index in [0.29, 0.717) is 13.1 Å². The molecule has 0 aromatic carbocycles. The highest BCUT2D eigenvalue weighted by atomic mass is 16.5. The maximum absolute atomic E-state index is 9.08. The average molecular weight is 210 g/mol. The molecule has 0 spiro atoms. The molecule has 0 unspecified atom stereocenters. The molecule has 1 atom stereocenters. The molecule has 0 aliphatic rings. The van der Waals surface area contributed by atoms with E-state index in [9.17, 15) is 0 Å². The van der Waals surface area contributed by atoms with Crippen molar-refractivity contribution in [3.05, 3.63) is 23.5 Å². The predicted molar refractivity (Wildman–Crippen MR) is 58.9 cm³/mol. The number of rotatable bonds is 5. The van der Waals surface area contributed by atoms with Crippen molar-refractivity contribution in [1.82, 2.24) is 10.3 Å². The summed E-state index contributed by atoms with van der Waals surface area (Å²) in [5.41, 5.74) is 1.86. The molecule has 0 fully saturated rings. The van der Waals surface area contributed by atoms with Crippen LogP contribution >= 0.6 is 0 Å². The third kappa shape index (κ3) is 4.27. The lowest BCUT2D eigenvalue weighted by molar-refractivity contribution is 0.191. The van der Waals surface area contributed by atoms with Gasteiger partial charge in [-0.05, 0) is 13.8 Å². The molecule has 1 rings (SSSR count). The van der Waals surface area contributed by atoms with E-state index in [1.54, 1.807) is 14.0 Å². The SMILES string of the molecule is COc1cc(C)nc(CNC[C@@H](C)O)c1. The van der Waals surface area contributed by atoms with Gasteiger partial charge in [0.2, 0.25) is 0 Å². The van der Waals surface area contributed by atoms with Gasteiger partial charge in [-0.1, -0.05) is 0 Å². The zero-order valence-corrected chi connectivity index (χ0v) is 9.45. The normalized spacial score (nSPS) is 12.5. The summed E-state index contributed by atoms with van der Waals surface area (Å²) in [5, 5.41) is 12.2. The van der Waals surface area contributed by atoms with E-state index in [1.807, 2.05) is 19.1 Å². The first kappa shape index (κ1) is 11.9. The van der Waals surface area contributed by atoms with Gasteiger partial charge in [-0.25, -0.2) is 0 Å². The Labute approximate surface area is 90.3 Å². The smallest absolute Gasteiger partial charge is 0.122 e. The number of ether oxygens (including phenoxy) is 1. The minimum atomic E-state index is -0.336. The second-order valence-corrected chi connectivity index (χ2v) is 3.62. The molecule has 0 radical (unpaired) electrons. The number of aromatic nitrogens is 1. The quantitative estimate of drug-likeness (QED) is 0.757. The van der Waals surface area contributed by atoms with Gasteiger partial charge in [0, 0.05) is 30.9 Å². The first-order valence-electron chi connectivity index (χ1n) is 5.02. The summed E-state index contributed by atoms with van der Waals surface area (Å²) in [6.07, 6.45) is -0.336. The first-order valence-corrected chi connectivity index (χ1v) is 5.02. The summed E-state index contributed by atoms with van der Waals surface area (Å²) in [7, 11) is 1.64. The van der Waals surface area contributed by atoms with Crippen LogP contribution in [0.4, 0.5) is 0 Å². The van der Waals surface area contributed by atoms with Crippen molar-refractivity contribution < 1.29 is 9.84 Å². The van der Waals surface area contributed by atoms with Gasteiger partial charge >= 0.3 is 0 Å². The number of pyridine rings is 1. The van der Waals surface area contributed by atoms with Gasteiger partial charge in [0.25, 0.3) is 0 Å². The molecule has 1 heterocycles. The highest BCUT2D eigenvalue weighted by Crippen LogP contribution is 2.12. The zero-order valence-electron chi connectivity index (χ0n) is 9.45. The third-order valence-corrected chi connectivity index (χ3v) is 1.96. The van der Waals surface area contributed by atoms with Crippen molar-refractivity contribution in [3.63, 3.8) is 0 Å². The Balaban J connectivity index is 2.56. The number of nitrogens with zero attached hydrogens (tertiary/aromatic N) is 1. The molecule has 1 aromatic rings. The summed E-state index contributed by atoms with van der Waals surface area (Å²) >= 11 is 0. The molecule has 1 aromatic heterocycles. The maximum atomic E-state index is 9.08. The van der Waals surface area contributed by atoms with Crippen LogP contribution in [-0.4, -0.2) is 29.8 Å². The van der Waals surface area contributed by atoms with Gasteiger partial charge in [-0.3, -0.25) is 4.98 Å². The highest BCUT2D eigenvalue weighted by Gasteiger charge is 2.01. The standard InChI is InChI=1S/C11H18N2O2/c1-8-4-11(15-3)5-10(13-8)7-12-6-9(2)14/h4-5,9,12,14H,6-7H2,1-3H3/t9-/m1/s1. The Morgan fingerprint density at radius 1 is 1.53 bits per heavy atom. The van der Waals surface area contributed by atoms with Crippen LogP contribution in [0.15, 0.2) is 12.1 Å². The first-order chi connectivity index (χ1) is 7.11. The van der Waals surface area contributed by atoms with Crippen molar-refractivity contribution >= 4 is 0 Å². The van der Waals surface area contributed by atoms with Crippen LogP contribution in [0.1, 0.15) is 18.3 Å². The van der Waals surface area contributed by atoms with Gasteiger partial charge in [-0.15, -0.1) is 0 Å². The topological polar surface area (TPSA) is 54.4 Å². The van der Waals surface area contributed by atoms with E-state index >= 15 is 0 Å². The molecule has 2 N–H and O–H groups in total. The molecule has 0 saturated heterocycles. The number of nitrogens with one attached hydrogen (secondary N) is 1. The molecular weight excluding hydrogens is 192 g/mol. The number of hydrogen-bond donors (Lipinski definition) is 2. The molecule has 0 amide bonds. The van der Waals surface area contributed by atoms with Gasteiger partial charge in [0.1, 0.15) is 5.75 Å². The van der Waals surface area contributed by atoms with Crippen LogP contribution in [-0.2, 0) is 6.54 Å². The second-order valence-electron chi connectivity index (χ2n) is 3.62. The molecule has 0 saturated carbocycles. The number of methoxy groups -OCH3 is 1. The summed E-state index contributed by atoms with van der Waals surface area (Å²) in [5.74, 6) is 0.816. The number of aliphatic hydroxyl groups excluding tert-OH is 1. The van der Waals surface area contributed by atoms with Crippen molar-refractivity contribution in [2.24, 2.45) is 0 Å². The van der Waals surface area contributed by atoms with Gasteiger partial charge in [0.05, 0.1) is 18.9 Å². The fraction of sp³-hybridized carbons (Fsp3) is 0.545. The Bertz CT molecular complexity index is 313. The van der Waals surface area contributed by atoms with Crippen molar-refractivity contribution in [1.29, 1.82) is 0 Å². The van der Waals surface area contributed by atoms with Crippen LogP contribution in [0, 0.1) is 6.92 Å². The Kier molecular flexibility index (Phi) is 4.52. The minimum absolute atomic E-state index is 0.336. The number of aryl methyl sites for hydroxylation is 1. The molecule has 15 heavy (non-hydrogen) atoms. The van der Waals surface area contributed by atoms with Crippen LogP contribution in [0.25, 0.3) is 0 Å². The molecule has 0 bridgehead atoms. The monoisotopic (exact) mass is 210 g/mol. The molecule has 4 heteroatoms. The van der Waals surface area contributed by atoms with Gasteiger partial charge in [0.15, 0.2) is 0 Å². The zero-order chi connectivity index (χ0) is 11.3. The summed E-state index contributed by atoms with van der Waals surface area (Å²) < 4.78 is 5.15. The van der Waals surface area contributed by atoms with E-state index in [1.165, 1.54) is 0 Å². The van der Waals surface area contributed by atoms with E-state index in [2.05, 4.69) is 10.3 Å². The molecule has 0 aliphatic carbocycles. The fourth-order valence-corrected chi connectivity index (χ4v) is 1.32. The van der Waals surface area contributed by atoms with Crippen LogP contribution in [0.2, 0.25) is 0 Å². The van der Waals surface area contributed by atoms with Crippen molar-refractivity contribution in [2.75, 3.05) is 13.7 Å². The second kappa shape index (κ2) is 5.68. The molecule has 84 valence electrons. The van der Waals surface area contributed by atoms with Crippen LogP contribution in [0.3, 0.4) is 0 Å². The largest absolute Gasteiger partial charge is 0.497 e. The lowest BCUT2D eigenvalue weighted by Gasteiger charge is -2.08. The third-order valence-electron chi connectivity index (χ3n) is 1.96. The molecule has 0 aliphatic heterocycles. The maximum Gasteiger partial charge on any atom is 0.122 e. The molecule has 4 nitrogen and oxygen atoms in total. The van der Waals surface area contributed by atoms with Gasteiger partial charge < -0.3 is 15.2 Å². The summed E-state index contributed by atoms with van der Waals surface area (Å²) in [4.78, 5) is 4.35. The molecular formula is C11H18N2O2. The van der Waals surface area contributed by atoms with Gasteiger partial charge in [-0.2, -0.15) is 0 Å². The Hall–Kier alpha value is -1.13. The minimum Gasteiger partial charge on any atom is -0.497 e. The lowest BCUT2D eigenvalue weighted by atomic mass is 10.3. The van der Waals surface area contributed by atoms with Crippen LogP contribution < -0.4 is 10.1 Å². The number of aliphatic hydroxyl groups is 1. The van der Waals surface area contributed by atoms with E-state index in [0.717, 1.165) is 17.1 Å². The Morgan fingerprint density at radius 2 is 2.27 bits per heavy atom. The predicted octanol–water partition coefficient (Wildman–Crippen LogP) is 0.869. The summed E-state index contributed by atoms with van der Waals surface area (Å²) in [6.45, 7) is 4.89. The van der Waals surface area contributed by atoms with E-state index in [4.69, 9.17) is 9.84 Å². The van der Waals surface area contributed by atoms with E-state index in [-0.39, 0.29) is 6.10 Å². The number of hydrogen-bond acceptors (Lipinski definition) is 4. The summed E-state index contributed by atoms with van der Waals surface area (Å²) in [6, 6.07) is 3.78. The Morgan fingerprint density at radius 3 is 2.87 bits per heavy atom. The van der Waals surface area contributed by atoms with Crippen molar-refractivity contribution in [3.8, 4) is 5.75 Å². The van der Waals surface area contributed by atoms with Crippen molar-refractivity contribution in [2.45, 2.75) is 26.5 Å². The van der Waals surface area contributed by atoms with E-state index < -0.39 is 0 Å². The highest BCUT2D eigenvalue weighted by molar-refractivity contribution is 5.26. The fourth-order valence-electron chi connectivity index (χ4n) is 1.32. The lowest BCUT2D eigenvalue weighted by Crippen LogP contribution is -2.24. The van der Waals surface area contributed by atoms with Crippen LogP contribution in [0.5, 0.6) is 5.75 Å². The average Bonchev–Trinajstić information content (AvgIpc) is 2.16.